The summed E-state index contributed by atoms with van der Waals surface area (Å²) in [5, 5.41) is 8.55. The van der Waals surface area contributed by atoms with Gasteiger partial charge in [-0.1, -0.05) is 25.8 Å². The molecule has 80 valence electrons. The van der Waals surface area contributed by atoms with E-state index >= 15 is 0 Å². The second kappa shape index (κ2) is 5.81. The molecule has 1 unspecified atom stereocenters. The molecular formula is C11H18O3. The van der Waals surface area contributed by atoms with Gasteiger partial charge in [0.25, 0.3) is 0 Å². The number of aliphatic carboxylic acids is 1. The van der Waals surface area contributed by atoms with Crippen molar-refractivity contribution in [2.24, 2.45) is 0 Å². The van der Waals surface area contributed by atoms with Gasteiger partial charge in [0, 0.05) is 5.57 Å². The van der Waals surface area contributed by atoms with E-state index in [9.17, 15) is 4.79 Å². The van der Waals surface area contributed by atoms with Crippen molar-refractivity contribution in [3.05, 3.63) is 12.2 Å². The number of hydrogen-bond donors (Lipinski definition) is 1. The highest BCUT2D eigenvalue weighted by molar-refractivity contribution is 5.85. The molecule has 0 amide bonds. The van der Waals surface area contributed by atoms with Crippen LogP contribution in [-0.4, -0.2) is 23.8 Å². The third-order valence-corrected chi connectivity index (χ3v) is 2.46. The van der Waals surface area contributed by atoms with Crippen LogP contribution in [0.5, 0.6) is 0 Å². The molecule has 0 aromatic rings. The maximum atomic E-state index is 10.4. The number of hydrogen-bond acceptors (Lipinski definition) is 2. The summed E-state index contributed by atoms with van der Waals surface area (Å²) in [4.78, 5) is 10.4. The van der Waals surface area contributed by atoms with Gasteiger partial charge < -0.3 is 9.84 Å². The topological polar surface area (TPSA) is 49.8 Å². The molecule has 3 heteroatoms. The molecule has 0 saturated carbocycles. The van der Waals surface area contributed by atoms with Crippen LogP contribution in [0.1, 0.15) is 38.5 Å². The minimum atomic E-state index is -0.864. The number of ether oxygens (including phenoxy) is 1. The zero-order valence-electron chi connectivity index (χ0n) is 8.50. The van der Waals surface area contributed by atoms with Crippen molar-refractivity contribution in [3.8, 4) is 0 Å². The van der Waals surface area contributed by atoms with E-state index in [0.717, 1.165) is 19.4 Å². The first-order chi connectivity index (χ1) is 6.70. The van der Waals surface area contributed by atoms with E-state index in [4.69, 9.17) is 9.84 Å². The molecule has 1 N–H and O–H groups in total. The Morgan fingerprint density at radius 3 is 2.57 bits per heavy atom. The Kier molecular flexibility index (Phi) is 4.66. The van der Waals surface area contributed by atoms with E-state index in [1.54, 1.807) is 0 Å². The molecule has 3 nitrogen and oxygen atoms in total. The molecule has 1 aliphatic heterocycles. The van der Waals surface area contributed by atoms with Crippen LogP contribution in [0.15, 0.2) is 12.2 Å². The molecule has 0 aliphatic carbocycles. The lowest BCUT2D eigenvalue weighted by Gasteiger charge is -2.00. The summed E-state index contributed by atoms with van der Waals surface area (Å²) < 4.78 is 5.09. The predicted molar refractivity (Wildman–Crippen MR) is 54.2 cm³/mol. The minimum Gasteiger partial charge on any atom is -0.478 e. The van der Waals surface area contributed by atoms with Gasteiger partial charge in [-0.2, -0.15) is 0 Å². The van der Waals surface area contributed by atoms with Crippen LogP contribution < -0.4 is 0 Å². The standard InChI is InChI=1S/C11H18O3/c1-9(11(12)13)6-4-2-3-5-7-10-8-14-10/h10H,1-8H2,(H,12,13). The number of epoxide rings is 1. The third kappa shape index (κ3) is 5.02. The monoisotopic (exact) mass is 198 g/mol. The molecule has 1 fully saturated rings. The van der Waals surface area contributed by atoms with Gasteiger partial charge in [-0.25, -0.2) is 4.79 Å². The summed E-state index contributed by atoms with van der Waals surface area (Å²) >= 11 is 0. The Morgan fingerprint density at radius 2 is 2.00 bits per heavy atom. The summed E-state index contributed by atoms with van der Waals surface area (Å²) in [5.41, 5.74) is 0.329. The predicted octanol–water partition coefficient (Wildman–Crippen LogP) is 2.37. The zero-order chi connectivity index (χ0) is 10.4. The Balaban J connectivity index is 1.83. The Morgan fingerprint density at radius 1 is 1.36 bits per heavy atom. The van der Waals surface area contributed by atoms with Crippen molar-refractivity contribution in [3.63, 3.8) is 0 Å². The Hall–Kier alpha value is -0.830. The molecule has 0 aromatic heterocycles. The van der Waals surface area contributed by atoms with Gasteiger partial charge in [-0.15, -0.1) is 0 Å². The van der Waals surface area contributed by atoms with Crippen LogP contribution in [0, 0.1) is 0 Å². The smallest absolute Gasteiger partial charge is 0.330 e. The van der Waals surface area contributed by atoms with Gasteiger partial charge in [0.1, 0.15) is 0 Å². The second-order valence-electron chi connectivity index (χ2n) is 3.82. The molecule has 0 aromatic carbocycles. The van der Waals surface area contributed by atoms with Gasteiger partial charge >= 0.3 is 5.97 Å². The summed E-state index contributed by atoms with van der Waals surface area (Å²) in [7, 11) is 0. The molecule has 1 saturated heterocycles. The van der Waals surface area contributed by atoms with E-state index in [1.807, 2.05) is 0 Å². The second-order valence-corrected chi connectivity index (χ2v) is 3.82. The maximum absolute atomic E-state index is 10.4. The first kappa shape index (κ1) is 11.2. The first-order valence-corrected chi connectivity index (χ1v) is 5.23. The van der Waals surface area contributed by atoms with Gasteiger partial charge in [0.05, 0.1) is 12.7 Å². The van der Waals surface area contributed by atoms with Crippen LogP contribution in [0.3, 0.4) is 0 Å². The van der Waals surface area contributed by atoms with Crippen molar-refractivity contribution >= 4 is 5.97 Å². The summed E-state index contributed by atoms with van der Waals surface area (Å²) in [6.07, 6.45) is 6.73. The average Bonchev–Trinajstić information content (AvgIpc) is 2.94. The maximum Gasteiger partial charge on any atom is 0.330 e. The quantitative estimate of drug-likeness (QED) is 0.370. The van der Waals surface area contributed by atoms with E-state index in [-0.39, 0.29) is 0 Å². The van der Waals surface area contributed by atoms with Crippen LogP contribution >= 0.6 is 0 Å². The summed E-state index contributed by atoms with van der Waals surface area (Å²) in [6, 6.07) is 0. The van der Waals surface area contributed by atoms with Gasteiger partial charge in [-0.3, -0.25) is 0 Å². The largest absolute Gasteiger partial charge is 0.478 e. The number of carboxylic acid groups (broad SMARTS) is 1. The molecule has 0 spiro atoms. The lowest BCUT2D eigenvalue weighted by atomic mass is 10.1. The minimum absolute atomic E-state index is 0.329. The van der Waals surface area contributed by atoms with Crippen molar-refractivity contribution in [1.82, 2.24) is 0 Å². The molecule has 1 aliphatic rings. The van der Waals surface area contributed by atoms with E-state index in [1.165, 1.54) is 19.3 Å². The van der Waals surface area contributed by atoms with Crippen molar-refractivity contribution in [2.75, 3.05) is 6.61 Å². The first-order valence-electron chi connectivity index (χ1n) is 5.23. The van der Waals surface area contributed by atoms with Gasteiger partial charge in [0.2, 0.25) is 0 Å². The summed E-state index contributed by atoms with van der Waals surface area (Å²) in [5.74, 6) is -0.864. The highest BCUT2D eigenvalue weighted by Crippen LogP contribution is 2.18. The highest BCUT2D eigenvalue weighted by atomic mass is 16.6. The van der Waals surface area contributed by atoms with E-state index in [2.05, 4.69) is 6.58 Å². The van der Waals surface area contributed by atoms with Crippen LogP contribution in [0.25, 0.3) is 0 Å². The number of carboxylic acids is 1. The van der Waals surface area contributed by atoms with Crippen LogP contribution in [0.4, 0.5) is 0 Å². The molecule has 1 rings (SSSR count). The van der Waals surface area contributed by atoms with E-state index in [0.29, 0.717) is 18.1 Å². The zero-order valence-corrected chi connectivity index (χ0v) is 8.50. The highest BCUT2D eigenvalue weighted by Gasteiger charge is 2.20. The number of carbonyl (C=O) groups is 1. The Labute approximate surface area is 84.8 Å². The van der Waals surface area contributed by atoms with Gasteiger partial charge in [-0.05, 0) is 19.3 Å². The average molecular weight is 198 g/mol. The normalized spacial score (nSPS) is 19.3. The fourth-order valence-corrected chi connectivity index (χ4v) is 1.41. The SMILES string of the molecule is C=C(CCCCCCC1CO1)C(=O)O. The van der Waals surface area contributed by atoms with Gasteiger partial charge in [0.15, 0.2) is 0 Å². The molecule has 14 heavy (non-hydrogen) atoms. The molecule has 0 bridgehead atoms. The molecule has 0 radical (unpaired) electrons. The van der Waals surface area contributed by atoms with Crippen LogP contribution in [-0.2, 0) is 9.53 Å². The fourth-order valence-electron chi connectivity index (χ4n) is 1.41. The lowest BCUT2D eigenvalue weighted by molar-refractivity contribution is -0.132. The fraction of sp³-hybridized carbons (Fsp3) is 0.727. The van der Waals surface area contributed by atoms with E-state index < -0.39 is 5.97 Å². The Bertz CT molecular complexity index is 207. The molecule has 1 atom stereocenters. The summed E-state index contributed by atoms with van der Waals surface area (Å²) in [6.45, 7) is 4.43. The van der Waals surface area contributed by atoms with Crippen LogP contribution in [0.2, 0.25) is 0 Å². The number of unbranched alkanes of at least 4 members (excludes halogenated alkanes) is 3. The van der Waals surface area contributed by atoms with Crippen molar-refractivity contribution < 1.29 is 14.6 Å². The third-order valence-electron chi connectivity index (χ3n) is 2.46. The van der Waals surface area contributed by atoms with Crippen molar-refractivity contribution in [1.29, 1.82) is 0 Å². The molecule has 1 heterocycles. The molecular weight excluding hydrogens is 180 g/mol. The van der Waals surface area contributed by atoms with Crippen molar-refractivity contribution in [2.45, 2.75) is 44.6 Å². The lowest BCUT2D eigenvalue weighted by Crippen LogP contribution is -1.98. The number of rotatable bonds is 8.